The topological polar surface area (TPSA) is 23.8 Å². The van der Waals surface area contributed by atoms with E-state index in [1.54, 1.807) is 0 Å². The van der Waals surface area contributed by atoms with E-state index < -0.39 is 0 Å². The molecule has 0 aromatic carbocycles. The Balaban J connectivity index is 2.48. The summed E-state index contributed by atoms with van der Waals surface area (Å²) in [5.41, 5.74) is 0. The summed E-state index contributed by atoms with van der Waals surface area (Å²) in [4.78, 5) is 0. The molecule has 1 heterocycles. The molecule has 0 spiro atoms. The Morgan fingerprint density at radius 3 is 2.64 bits per heavy atom. The predicted molar refractivity (Wildman–Crippen MR) is 49.4 cm³/mol. The molecule has 1 rings (SSSR count). The highest BCUT2D eigenvalue weighted by Crippen LogP contribution is 2.32. The van der Waals surface area contributed by atoms with Gasteiger partial charge in [0.15, 0.2) is 0 Å². The van der Waals surface area contributed by atoms with Gasteiger partial charge in [-0.05, 0) is 29.8 Å². The van der Waals surface area contributed by atoms with Crippen LogP contribution in [0.4, 0.5) is 0 Å². The summed E-state index contributed by atoms with van der Waals surface area (Å²) in [6, 6.07) is 2.43. The predicted octanol–water partition coefficient (Wildman–Crippen LogP) is 2.54. The lowest BCUT2D eigenvalue weighted by Gasteiger charge is -2.18. The molecular weight excluding hydrogens is 154 g/mol. The van der Waals surface area contributed by atoms with Crippen LogP contribution in [0.15, 0.2) is 0 Å². The Hall–Kier alpha value is -0.160. The molecule has 0 radical (unpaired) electrons. The van der Waals surface area contributed by atoms with Crippen LogP contribution in [0, 0.1) is 29.1 Å². The Bertz CT molecular complexity index is 153. The first-order chi connectivity index (χ1) is 5.25. The fourth-order valence-electron chi connectivity index (χ4n) is 1.63. The molecule has 2 unspecified atom stereocenters. The normalized spacial score (nSPS) is 26.9. The summed E-state index contributed by atoms with van der Waals surface area (Å²) in [6.07, 6.45) is 1.25. The molecule has 0 bridgehead atoms. The van der Waals surface area contributed by atoms with Crippen LogP contribution >= 0.6 is 11.8 Å². The van der Waals surface area contributed by atoms with Gasteiger partial charge in [-0.1, -0.05) is 13.8 Å². The summed E-state index contributed by atoms with van der Waals surface area (Å²) >= 11 is 1.99. The molecule has 1 fully saturated rings. The Morgan fingerprint density at radius 1 is 1.55 bits per heavy atom. The third-order valence-electron chi connectivity index (χ3n) is 2.34. The molecule has 0 saturated carbocycles. The van der Waals surface area contributed by atoms with E-state index in [0.717, 1.165) is 0 Å². The Morgan fingerprint density at radius 2 is 2.27 bits per heavy atom. The van der Waals surface area contributed by atoms with Gasteiger partial charge in [0, 0.05) is 0 Å². The van der Waals surface area contributed by atoms with Crippen molar-refractivity contribution in [3.8, 4) is 6.07 Å². The van der Waals surface area contributed by atoms with Crippen LogP contribution in [0.25, 0.3) is 0 Å². The second kappa shape index (κ2) is 4.01. The van der Waals surface area contributed by atoms with E-state index >= 15 is 0 Å². The average Bonchev–Trinajstić information content (AvgIpc) is 2.40. The highest BCUT2D eigenvalue weighted by Gasteiger charge is 2.27. The molecule has 1 saturated heterocycles. The molecule has 1 nitrogen and oxygen atoms in total. The van der Waals surface area contributed by atoms with E-state index in [-0.39, 0.29) is 0 Å². The van der Waals surface area contributed by atoms with Gasteiger partial charge >= 0.3 is 0 Å². The molecular formula is C9H15NS. The molecule has 11 heavy (non-hydrogen) atoms. The molecule has 0 amide bonds. The van der Waals surface area contributed by atoms with Gasteiger partial charge in [0.1, 0.15) is 0 Å². The van der Waals surface area contributed by atoms with Gasteiger partial charge in [0.2, 0.25) is 0 Å². The van der Waals surface area contributed by atoms with E-state index in [4.69, 9.17) is 5.26 Å². The smallest absolute Gasteiger partial charge is 0.0661 e. The van der Waals surface area contributed by atoms with Gasteiger partial charge in [-0.15, -0.1) is 0 Å². The maximum Gasteiger partial charge on any atom is 0.0661 e. The Kier molecular flexibility index (Phi) is 3.26. The SMILES string of the molecule is CC(C)C(C#N)C1CCSC1. The van der Waals surface area contributed by atoms with Crippen LogP contribution in [-0.2, 0) is 0 Å². The Labute approximate surface area is 73.2 Å². The van der Waals surface area contributed by atoms with Crippen molar-refractivity contribution in [1.29, 1.82) is 5.26 Å². The van der Waals surface area contributed by atoms with Crippen LogP contribution in [0.3, 0.4) is 0 Å². The number of nitrogens with zero attached hydrogens (tertiary/aromatic N) is 1. The van der Waals surface area contributed by atoms with Gasteiger partial charge in [0.05, 0.1) is 12.0 Å². The minimum Gasteiger partial charge on any atom is -0.198 e. The number of hydrogen-bond acceptors (Lipinski definition) is 2. The van der Waals surface area contributed by atoms with Crippen molar-refractivity contribution in [2.75, 3.05) is 11.5 Å². The number of nitriles is 1. The quantitative estimate of drug-likeness (QED) is 0.634. The van der Waals surface area contributed by atoms with Crippen LogP contribution in [0.5, 0.6) is 0 Å². The maximum absolute atomic E-state index is 8.90. The molecule has 0 aromatic heterocycles. The monoisotopic (exact) mass is 169 g/mol. The van der Waals surface area contributed by atoms with Gasteiger partial charge < -0.3 is 0 Å². The van der Waals surface area contributed by atoms with Crippen molar-refractivity contribution >= 4 is 11.8 Å². The van der Waals surface area contributed by atoms with E-state index in [1.165, 1.54) is 17.9 Å². The van der Waals surface area contributed by atoms with Crippen molar-refractivity contribution in [1.82, 2.24) is 0 Å². The lowest BCUT2D eigenvalue weighted by Crippen LogP contribution is -2.17. The zero-order valence-corrected chi connectivity index (χ0v) is 8.03. The summed E-state index contributed by atoms with van der Waals surface area (Å²) < 4.78 is 0. The molecule has 0 aliphatic carbocycles. The third kappa shape index (κ3) is 2.13. The first-order valence-corrected chi connectivity index (χ1v) is 5.38. The minimum absolute atomic E-state index is 0.296. The van der Waals surface area contributed by atoms with Crippen LogP contribution in [0.1, 0.15) is 20.3 Å². The highest BCUT2D eigenvalue weighted by atomic mass is 32.2. The van der Waals surface area contributed by atoms with Crippen LogP contribution < -0.4 is 0 Å². The highest BCUT2D eigenvalue weighted by molar-refractivity contribution is 7.99. The molecule has 1 aliphatic rings. The molecule has 2 atom stereocenters. The molecule has 2 heteroatoms. The fourth-order valence-corrected chi connectivity index (χ4v) is 2.95. The average molecular weight is 169 g/mol. The summed E-state index contributed by atoms with van der Waals surface area (Å²) in [5.74, 6) is 3.96. The minimum atomic E-state index is 0.296. The summed E-state index contributed by atoms with van der Waals surface area (Å²) in [6.45, 7) is 4.30. The van der Waals surface area contributed by atoms with Crippen molar-refractivity contribution < 1.29 is 0 Å². The van der Waals surface area contributed by atoms with Crippen LogP contribution in [-0.4, -0.2) is 11.5 Å². The lowest BCUT2D eigenvalue weighted by molar-refractivity contribution is 0.349. The van der Waals surface area contributed by atoms with Gasteiger partial charge in [-0.25, -0.2) is 0 Å². The van der Waals surface area contributed by atoms with Crippen molar-refractivity contribution in [3.05, 3.63) is 0 Å². The lowest BCUT2D eigenvalue weighted by atomic mass is 9.84. The first kappa shape index (κ1) is 8.93. The van der Waals surface area contributed by atoms with E-state index in [2.05, 4.69) is 19.9 Å². The largest absolute Gasteiger partial charge is 0.198 e. The zero-order chi connectivity index (χ0) is 8.27. The van der Waals surface area contributed by atoms with Crippen molar-refractivity contribution in [2.24, 2.45) is 17.8 Å². The number of rotatable bonds is 2. The van der Waals surface area contributed by atoms with Gasteiger partial charge in [0.25, 0.3) is 0 Å². The zero-order valence-electron chi connectivity index (χ0n) is 7.21. The summed E-state index contributed by atoms with van der Waals surface area (Å²) in [5, 5.41) is 8.90. The first-order valence-electron chi connectivity index (χ1n) is 4.23. The molecule has 0 aromatic rings. The summed E-state index contributed by atoms with van der Waals surface area (Å²) in [7, 11) is 0. The fraction of sp³-hybridized carbons (Fsp3) is 0.889. The van der Waals surface area contributed by atoms with E-state index in [9.17, 15) is 0 Å². The second-order valence-electron chi connectivity index (χ2n) is 3.52. The van der Waals surface area contributed by atoms with E-state index in [1.807, 2.05) is 11.8 Å². The van der Waals surface area contributed by atoms with Crippen molar-refractivity contribution in [3.63, 3.8) is 0 Å². The molecule has 62 valence electrons. The maximum atomic E-state index is 8.90. The second-order valence-corrected chi connectivity index (χ2v) is 4.67. The van der Waals surface area contributed by atoms with Crippen molar-refractivity contribution in [2.45, 2.75) is 20.3 Å². The van der Waals surface area contributed by atoms with E-state index in [0.29, 0.717) is 17.8 Å². The number of thioether (sulfide) groups is 1. The third-order valence-corrected chi connectivity index (χ3v) is 3.53. The van der Waals surface area contributed by atoms with Gasteiger partial charge in [-0.3, -0.25) is 0 Å². The standard InChI is InChI=1S/C9H15NS/c1-7(2)9(5-10)8-3-4-11-6-8/h7-9H,3-4,6H2,1-2H3. The number of hydrogen-bond donors (Lipinski definition) is 0. The van der Waals surface area contributed by atoms with Gasteiger partial charge in [-0.2, -0.15) is 17.0 Å². The molecule has 1 aliphatic heterocycles. The van der Waals surface area contributed by atoms with Crippen LogP contribution in [0.2, 0.25) is 0 Å². The molecule has 0 N–H and O–H groups in total.